The van der Waals surface area contributed by atoms with E-state index in [4.69, 9.17) is 0 Å². The molecule has 1 aromatic heterocycles. The summed E-state index contributed by atoms with van der Waals surface area (Å²) in [5.74, 6) is 0. The lowest BCUT2D eigenvalue weighted by Gasteiger charge is -2.02. The number of nitro groups is 1. The van der Waals surface area contributed by atoms with Crippen LogP contribution in [0.5, 0.6) is 0 Å². The van der Waals surface area contributed by atoms with Crippen LogP contribution in [0.2, 0.25) is 0 Å². The molecular weight excluding hydrogens is 298 g/mol. The SMILES string of the molecule is O=[N+]([O-])c1ccc(-c2csc(NCc3ccccc3)n2)cc1. The minimum Gasteiger partial charge on any atom is -0.357 e. The molecule has 0 bridgehead atoms. The number of nitro benzene ring substituents is 1. The van der Waals surface area contributed by atoms with E-state index >= 15 is 0 Å². The largest absolute Gasteiger partial charge is 0.357 e. The molecule has 6 heteroatoms. The molecule has 0 radical (unpaired) electrons. The molecule has 0 saturated heterocycles. The maximum atomic E-state index is 10.7. The Kier molecular flexibility index (Phi) is 4.11. The van der Waals surface area contributed by atoms with Gasteiger partial charge in [0.05, 0.1) is 10.6 Å². The van der Waals surface area contributed by atoms with Crippen molar-refractivity contribution in [3.05, 3.63) is 75.7 Å². The Hall–Kier alpha value is -2.73. The van der Waals surface area contributed by atoms with Crippen LogP contribution in [0.4, 0.5) is 10.8 Å². The number of non-ortho nitro benzene ring substituents is 1. The molecule has 2 aromatic carbocycles. The van der Waals surface area contributed by atoms with Crippen LogP contribution in [0.25, 0.3) is 11.3 Å². The van der Waals surface area contributed by atoms with E-state index in [1.807, 2.05) is 23.6 Å². The number of hydrogen-bond donors (Lipinski definition) is 1. The second kappa shape index (κ2) is 6.36. The third-order valence-electron chi connectivity index (χ3n) is 3.16. The standard InChI is InChI=1S/C16H13N3O2S/c20-19(21)14-8-6-13(7-9-14)15-11-22-16(18-15)17-10-12-4-2-1-3-5-12/h1-9,11H,10H2,(H,17,18). The summed E-state index contributed by atoms with van der Waals surface area (Å²) < 4.78 is 0. The number of hydrogen-bond acceptors (Lipinski definition) is 5. The zero-order valence-electron chi connectivity index (χ0n) is 11.6. The first-order chi connectivity index (χ1) is 10.7. The summed E-state index contributed by atoms with van der Waals surface area (Å²) in [6.07, 6.45) is 0. The van der Waals surface area contributed by atoms with Crippen molar-refractivity contribution < 1.29 is 4.92 Å². The Morgan fingerprint density at radius 2 is 1.82 bits per heavy atom. The first-order valence-corrected chi connectivity index (χ1v) is 7.58. The van der Waals surface area contributed by atoms with Crippen LogP contribution in [0.3, 0.4) is 0 Å². The lowest BCUT2D eigenvalue weighted by atomic mass is 10.1. The van der Waals surface area contributed by atoms with E-state index in [-0.39, 0.29) is 5.69 Å². The van der Waals surface area contributed by atoms with Gasteiger partial charge in [0.15, 0.2) is 5.13 Å². The summed E-state index contributed by atoms with van der Waals surface area (Å²) in [6.45, 7) is 0.716. The molecule has 0 spiro atoms. The first kappa shape index (κ1) is 14.2. The Morgan fingerprint density at radius 3 is 2.50 bits per heavy atom. The van der Waals surface area contributed by atoms with Crippen LogP contribution < -0.4 is 5.32 Å². The summed E-state index contributed by atoms with van der Waals surface area (Å²) in [6, 6.07) is 16.5. The van der Waals surface area contributed by atoms with Gasteiger partial charge < -0.3 is 5.32 Å². The minimum atomic E-state index is -0.405. The van der Waals surface area contributed by atoms with Gasteiger partial charge >= 0.3 is 0 Å². The second-order valence-electron chi connectivity index (χ2n) is 4.68. The van der Waals surface area contributed by atoms with Crippen LogP contribution in [0.1, 0.15) is 5.56 Å². The quantitative estimate of drug-likeness (QED) is 0.562. The van der Waals surface area contributed by atoms with E-state index in [0.29, 0.717) is 6.54 Å². The summed E-state index contributed by atoms with van der Waals surface area (Å²) >= 11 is 1.52. The van der Waals surface area contributed by atoms with Crippen molar-refractivity contribution in [3.8, 4) is 11.3 Å². The van der Waals surface area contributed by atoms with Gasteiger partial charge in [0, 0.05) is 29.6 Å². The average molecular weight is 311 g/mol. The molecule has 110 valence electrons. The fourth-order valence-corrected chi connectivity index (χ4v) is 2.73. The van der Waals surface area contributed by atoms with Gasteiger partial charge in [0.25, 0.3) is 5.69 Å². The van der Waals surface area contributed by atoms with Crippen molar-refractivity contribution in [2.75, 3.05) is 5.32 Å². The van der Waals surface area contributed by atoms with E-state index in [9.17, 15) is 10.1 Å². The van der Waals surface area contributed by atoms with Crippen molar-refractivity contribution in [1.29, 1.82) is 0 Å². The minimum absolute atomic E-state index is 0.0846. The Labute approximate surface area is 131 Å². The number of nitrogens with one attached hydrogen (secondary N) is 1. The maximum absolute atomic E-state index is 10.7. The summed E-state index contributed by atoms with van der Waals surface area (Å²) in [5, 5.41) is 16.7. The molecule has 0 unspecified atom stereocenters. The number of thiazole rings is 1. The molecule has 0 aliphatic carbocycles. The van der Waals surface area contributed by atoms with E-state index in [1.165, 1.54) is 29.0 Å². The fourth-order valence-electron chi connectivity index (χ4n) is 2.01. The molecule has 0 atom stereocenters. The van der Waals surface area contributed by atoms with Gasteiger partial charge in [-0.1, -0.05) is 30.3 Å². The highest BCUT2D eigenvalue weighted by molar-refractivity contribution is 7.14. The zero-order chi connectivity index (χ0) is 15.4. The Bertz CT molecular complexity index is 770. The van der Waals surface area contributed by atoms with Gasteiger partial charge in [0.2, 0.25) is 0 Å². The van der Waals surface area contributed by atoms with E-state index in [1.54, 1.807) is 12.1 Å². The molecule has 0 aliphatic rings. The van der Waals surface area contributed by atoms with Gasteiger partial charge in [-0.25, -0.2) is 4.98 Å². The number of aromatic nitrogens is 1. The molecule has 0 aliphatic heterocycles. The highest BCUT2D eigenvalue weighted by Crippen LogP contribution is 2.26. The highest BCUT2D eigenvalue weighted by atomic mass is 32.1. The molecule has 0 amide bonds. The third kappa shape index (κ3) is 3.29. The molecule has 0 fully saturated rings. The van der Waals surface area contributed by atoms with Gasteiger partial charge in [-0.3, -0.25) is 10.1 Å². The first-order valence-electron chi connectivity index (χ1n) is 6.70. The molecule has 3 aromatic rings. The Morgan fingerprint density at radius 1 is 1.09 bits per heavy atom. The van der Waals surface area contributed by atoms with E-state index < -0.39 is 4.92 Å². The van der Waals surface area contributed by atoms with Crippen LogP contribution >= 0.6 is 11.3 Å². The monoisotopic (exact) mass is 311 g/mol. The maximum Gasteiger partial charge on any atom is 0.269 e. The van der Waals surface area contributed by atoms with E-state index in [2.05, 4.69) is 22.4 Å². The summed E-state index contributed by atoms with van der Waals surface area (Å²) in [5.41, 5.74) is 2.96. The number of nitrogens with zero attached hydrogens (tertiary/aromatic N) is 2. The lowest BCUT2D eigenvalue weighted by Crippen LogP contribution is -1.98. The van der Waals surface area contributed by atoms with E-state index in [0.717, 1.165) is 16.4 Å². The average Bonchev–Trinajstić information content (AvgIpc) is 3.03. The second-order valence-corrected chi connectivity index (χ2v) is 5.54. The molecule has 0 saturated carbocycles. The third-order valence-corrected chi connectivity index (χ3v) is 3.96. The smallest absolute Gasteiger partial charge is 0.269 e. The van der Waals surface area contributed by atoms with Crippen LogP contribution in [-0.2, 0) is 6.54 Å². The topological polar surface area (TPSA) is 68.1 Å². The van der Waals surface area contributed by atoms with Crippen LogP contribution in [0, 0.1) is 10.1 Å². The molecular formula is C16H13N3O2S. The molecule has 22 heavy (non-hydrogen) atoms. The van der Waals surface area contributed by atoms with Crippen molar-refractivity contribution in [3.63, 3.8) is 0 Å². The predicted octanol–water partition coefficient (Wildman–Crippen LogP) is 4.33. The van der Waals surface area contributed by atoms with Gasteiger partial charge in [-0.15, -0.1) is 11.3 Å². The van der Waals surface area contributed by atoms with Crippen LogP contribution in [-0.4, -0.2) is 9.91 Å². The molecule has 5 nitrogen and oxygen atoms in total. The number of benzene rings is 2. The van der Waals surface area contributed by atoms with Crippen molar-refractivity contribution in [2.45, 2.75) is 6.54 Å². The highest BCUT2D eigenvalue weighted by Gasteiger charge is 2.08. The molecule has 1 N–H and O–H groups in total. The number of rotatable bonds is 5. The molecule has 1 heterocycles. The lowest BCUT2D eigenvalue weighted by molar-refractivity contribution is -0.384. The molecule has 3 rings (SSSR count). The van der Waals surface area contributed by atoms with Gasteiger partial charge in [-0.05, 0) is 17.7 Å². The predicted molar refractivity (Wildman–Crippen MR) is 88.0 cm³/mol. The van der Waals surface area contributed by atoms with Gasteiger partial charge in [0.1, 0.15) is 0 Å². The van der Waals surface area contributed by atoms with Crippen molar-refractivity contribution in [1.82, 2.24) is 4.98 Å². The van der Waals surface area contributed by atoms with Gasteiger partial charge in [-0.2, -0.15) is 0 Å². The van der Waals surface area contributed by atoms with Crippen LogP contribution in [0.15, 0.2) is 60.0 Å². The number of anilines is 1. The zero-order valence-corrected chi connectivity index (χ0v) is 12.4. The Balaban J connectivity index is 1.69. The fraction of sp³-hybridized carbons (Fsp3) is 0.0625. The van der Waals surface area contributed by atoms with Crippen molar-refractivity contribution >= 4 is 22.2 Å². The van der Waals surface area contributed by atoms with Crippen molar-refractivity contribution in [2.24, 2.45) is 0 Å². The summed E-state index contributed by atoms with van der Waals surface area (Å²) in [4.78, 5) is 14.8. The summed E-state index contributed by atoms with van der Waals surface area (Å²) in [7, 11) is 0. The normalized spacial score (nSPS) is 10.4.